The van der Waals surface area contributed by atoms with E-state index >= 15 is 0 Å². The van der Waals surface area contributed by atoms with Gasteiger partial charge in [-0.25, -0.2) is 13.9 Å². The first kappa shape index (κ1) is 23.9. The molecule has 0 radical (unpaired) electrons. The number of halogens is 4. The average Bonchev–Trinajstić information content (AvgIpc) is 3.38. The summed E-state index contributed by atoms with van der Waals surface area (Å²) in [5, 5.41) is 15.0. The predicted molar refractivity (Wildman–Crippen MR) is 115 cm³/mol. The highest BCUT2D eigenvalue weighted by Crippen LogP contribution is 2.39. The van der Waals surface area contributed by atoms with Crippen molar-refractivity contribution in [2.45, 2.75) is 25.7 Å². The Bertz CT molecular complexity index is 1320. The van der Waals surface area contributed by atoms with Gasteiger partial charge >= 0.3 is 12.1 Å². The number of hydrogen-bond acceptors (Lipinski definition) is 4. The van der Waals surface area contributed by atoms with E-state index in [1.54, 1.807) is 0 Å². The van der Waals surface area contributed by atoms with E-state index in [1.165, 1.54) is 49.4 Å². The Morgan fingerprint density at radius 3 is 2.31 bits per heavy atom. The van der Waals surface area contributed by atoms with Crippen LogP contribution >= 0.6 is 0 Å². The van der Waals surface area contributed by atoms with Gasteiger partial charge in [0.25, 0.3) is 11.8 Å². The standard InChI is InChI=1S/C23H18F4N4O4/c1-12(13-6-8-14(9-7-13)22(34)35)28-19(32)17-18(23(25,26)27)29-31-11-10-30(20(17)31)21(33)15-4-2-3-5-16(15)24/h2-9,12H,10-11H2,1H3,(H,28,32)(H,34,35)/t12-/m0/s1. The van der Waals surface area contributed by atoms with Gasteiger partial charge in [0, 0.05) is 6.54 Å². The summed E-state index contributed by atoms with van der Waals surface area (Å²) in [6.07, 6.45) is -5.00. The molecular weight excluding hydrogens is 472 g/mol. The Hall–Kier alpha value is -4.22. The van der Waals surface area contributed by atoms with Crippen molar-refractivity contribution in [1.29, 1.82) is 0 Å². The van der Waals surface area contributed by atoms with Crippen molar-refractivity contribution >= 4 is 23.6 Å². The molecule has 2 heterocycles. The van der Waals surface area contributed by atoms with Crippen molar-refractivity contribution in [2.75, 3.05) is 11.4 Å². The zero-order valence-corrected chi connectivity index (χ0v) is 18.1. The van der Waals surface area contributed by atoms with Crippen LogP contribution in [0.4, 0.5) is 23.4 Å². The molecule has 35 heavy (non-hydrogen) atoms. The van der Waals surface area contributed by atoms with Crippen LogP contribution in [-0.2, 0) is 12.7 Å². The van der Waals surface area contributed by atoms with E-state index in [0.29, 0.717) is 5.56 Å². The van der Waals surface area contributed by atoms with Crippen molar-refractivity contribution in [3.8, 4) is 0 Å². The minimum Gasteiger partial charge on any atom is -0.478 e. The van der Waals surface area contributed by atoms with Crippen LogP contribution in [0.3, 0.4) is 0 Å². The number of aromatic carboxylic acids is 1. The molecule has 3 aromatic rings. The van der Waals surface area contributed by atoms with E-state index in [2.05, 4.69) is 10.4 Å². The maximum absolute atomic E-state index is 14.2. The van der Waals surface area contributed by atoms with Crippen molar-refractivity contribution in [3.63, 3.8) is 0 Å². The lowest BCUT2D eigenvalue weighted by molar-refractivity contribution is -0.141. The third-order valence-electron chi connectivity index (χ3n) is 5.57. The number of carboxylic acid groups (broad SMARTS) is 1. The summed E-state index contributed by atoms with van der Waals surface area (Å²) < 4.78 is 56.5. The van der Waals surface area contributed by atoms with E-state index in [4.69, 9.17) is 5.11 Å². The van der Waals surface area contributed by atoms with Crippen molar-refractivity contribution in [1.82, 2.24) is 15.1 Å². The number of fused-ring (bicyclic) bond motifs is 1. The summed E-state index contributed by atoms with van der Waals surface area (Å²) in [7, 11) is 0. The first-order valence-electron chi connectivity index (χ1n) is 10.4. The number of carbonyl (C=O) groups is 3. The van der Waals surface area contributed by atoms with Crippen LogP contribution in [0.2, 0.25) is 0 Å². The Balaban J connectivity index is 1.70. The normalized spacial score (nSPS) is 13.9. The SMILES string of the molecule is C[C@H](NC(=O)c1c(C(F)(F)F)nn2c1N(C(=O)c1ccccc1F)CC2)c1ccc(C(=O)O)cc1. The largest absolute Gasteiger partial charge is 0.478 e. The Morgan fingerprint density at radius 1 is 1.06 bits per heavy atom. The van der Waals surface area contributed by atoms with E-state index in [0.717, 1.165) is 15.6 Å². The maximum atomic E-state index is 14.2. The molecule has 1 aliphatic rings. The summed E-state index contributed by atoms with van der Waals surface area (Å²) in [4.78, 5) is 38.0. The Morgan fingerprint density at radius 2 is 1.71 bits per heavy atom. The second-order valence-corrected chi connectivity index (χ2v) is 7.83. The molecule has 0 aliphatic carbocycles. The van der Waals surface area contributed by atoms with Crippen LogP contribution in [0.5, 0.6) is 0 Å². The van der Waals surface area contributed by atoms with Crippen LogP contribution in [0.25, 0.3) is 0 Å². The third kappa shape index (κ3) is 4.46. The van der Waals surface area contributed by atoms with Gasteiger partial charge in [-0.3, -0.25) is 14.5 Å². The third-order valence-corrected chi connectivity index (χ3v) is 5.57. The van der Waals surface area contributed by atoms with E-state index < -0.39 is 47.1 Å². The molecule has 1 aliphatic heterocycles. The van der Waals surface area contributed by atoms with Gasteiger partial charge in [-0.1, -0.05) is 24.3 Å². The lowest BCUT2D eigenvalue weighted by atomic mass is 10.1. The van der Waals surface area contributed by atoms with Gasteiger partial charge in [0.15, 0.2) is 5.69 Å². The van der Waals surface area contributed by atoms with Crippen LogP contribution in [0.1, 0.15) is 55.3 Å². The van der Waals surface area contributed by atoms with Crippen LogP contribution in [0.15, 0.2) is 48.5 Å². The van der Waals surface area contributed by atoms with Gasteiger partial charge in [0.05, 0.1) is 23.7 Å². The van der Waals surface area contributed by atoms with Gasteiger partial charge in [-0.05, 0) is 36.8 Å². The molecule has 0 saturated heterocycles. The van der Waals surface area contributed by atoms with Gasteiger partial charge in [-0.2, -0.15) is 18.3 Å². The summed E-state index contributed by atoms with van der Waals surface area (Å²) in [5.41, 5.74) is -2.23. The molecule has 1 aromatic heterocycles. The number of hydrogen-bond donors (Lipinski definition) is 2. The number of amides is 2. The monoisotopic (exact) mass is 490 g/mol. The number of nitrogens with one attached hydrogen (secondary N) is 1. The summed E-state index contributed by atoms with van der Waals surface area (Å²) in [6, 6.07) is 9.67. The second-order valence-electron chi connectivity index (χ2n) is 7.83. The predicted octanol–water partition coefficient (Wildman–Crippen LogP) is 3.89. The molecule has 0 bridgehead atoms. The molecular formula is C23H18F4N4O4. The van der Waals surface area contributed by atoms with Crippen LogP contribution in [0, 0.1) is 5.82 Å². The highest BCUT2D eigenvalue weighted by molar-refractivity contribution is 6.11. The maximum Gasteiger partial charge on any atom is 0.436 e. The molecule has 0 unspecified atom stereocenters. The Kier molecular flexibility index (Phi) is 6.05. The zero-order chi connectivity index (χ0) is 25.5. The molecule has 2 aromatic carbocycles. The molecule has 2 N–H and O–H groups in total. The minimum atomic E-state index is -5.00. The quantitative estimate of drug-likeness (QED) is 0.528. The molecule has 2 amide bonds. The smallest absolute Gasteiger partial charge is 0.436 e. The number of carbonyl (C=O) groups excluding carboxylic acids is 2. The lowest BCUT2D eigenvalue weighted by Crippen LogP contribution is -2.34. The number of carboxylic acids is 1. The van der Waals surface area contributed by atoms with Crippen LogP contribution in [-0.4, -0.2) is 39.2 Å². The first-order chi connectivity index (χ1) is 16.5. The molecule has 4 rings (SSSR count). The fourth-order valence-corrected chi connectivity index (χ4v) is 3.84. The minimum absolute atomic E-state index is 0.00314. The molecule has 0 fully saturated rings. The molecule has 1 atom stereocenters. The highest BCUT2D eigenvalue weighted by atomic mass is 19.4. The van der Waals surface area contributed by atoms with Gasteiger partial charge in [-0.15, -0.1) is 0 Å². The number of aromatic nitrogens is 2. The first-order valence-corrected chi connectivity index (χ1v) is 10.4. The number of benzene rings is 2. The summed E-state index contributed by atoms with van der Waals surface area (Å²) in [6.45, 7) is 1.30. The average molecular weight is 490 g/mol. The van der Waals surface area contributed by atoms with Crippen molar-refractivity contribution in [2.24, 2.45) is 0 Å². The van der Waals surface area contributed by atoms with E-state index in [9.17, 15) is 31.9 Å². The number of anilines is 1. The lowest BCUT2D eigenvalue weighted by Gasteiger charge is -2.20. The number of alkyl halides is 3. The van der Waals surface area contributed by atoms with Crippen molar-refractivity contribution in [3.05, 3.63) is 82.3 Å². The zero-order valence-electron chi connectivity index (χ0n) is 18.1. The van der Waals surface area contributed by atoms with Gasteiger partial charge < -0.3 is 10.4 Å². The number of nitrogens with zero attached hydrogens (tertiary/aromatic N) is 3. The summed E-state index contributed by atoms with van der Waals surface area (Å²) >= 11 is 0. The summed E-state index contributed by atoms with van der Waals surface area (Å²) in [5.74, 6) is -4.42. The Labute approximate surface area is 195 Å². The molecule has 0 spiro atoms. The second kappa shape index (κ2) is 8.85. The molecule has 12 heteroatoms. The number of rotatable bonds is 5. The van der Waals surface area contributed by atoms with Crippen LogP contribution < -0.4 is 10.2 Å². The van der Waals surface area contributed by atoms with E-state index in [-0.39, 0.29) is 30.0 Å². The van der Waals surface area contributed by atoms with Gasteiger partial charge in [0.1, 0.15) is 17.2 Å². The fourth-order valence-electron chi connectivity index (χ4n) is 3.84. The van der Waals surface area contributed by atoms with Crippen molar-refractivity contribution < 1.29 is 37.1 Å². The fraction of sp³-hybridized carbons (Fsp3) is 0.217. The van der Waals surface area contributed by atoms with Gasteiger partial charge in [0.2, 0.25) is 0 Å². The molecule has 182 valence electrons. The molecule has 0 saturated carbocycles. The molecule has 8 nitrogen and oxygen atoms in total. The topological polar surface area (TPSA) is 105 Å². The highest BCUT2D eigenvalue weighted by Gasteiger charge is 2.45. The van der Waals surface area contributed by atoms with E-state index in [1.807, 2.05) is 0 Å².